The Kier molecular flexibility index (Phi) is 6.74. The number of hydrogen-bond acceptors (Lipinski definition) is 5. The molecule has 1 saturated heterocycles. The number of ether oxygens (including phenoxy) is 1. The first kappa shape index (κ1) is 22.6. The number of rotatable bonds is 4. The van der Waals surface area contributed by atoms with Gasteiger partial charge in [-0.25, -0.2) is 9.97 Å². The number of carbonyl (C=O) groups is 1. The predicted molar refractivity (Wildman–Crippen MR) is 127 cm³/mol. The van der Waals surface area contributed by atoms with Gasteiger partial charge in [-0.3, -0.25) is 4.79 Å². The molecule has 0 saturated carbocycles. The van der Waals surface area contributed by atoms with Crippen LogP contribution in [-0.2, 0) is 0 Å². The van der Waals surface area contributed by atoms with Crippen LogP contribution < -0.4 is 9.64 Å². The number of anilines is 1. The van der Waals surface area contributed by atoms with Crippen LogP contribution in [0.15, 0.2) is 48.8 Å². The van der Waals surface area contributed by atoms with E-state index in [1.807, 2.05) is 24.8 Å². The van der Waals surface area contributed by atoms with Crippen LogP contribution in [0.4, 0.5) is 5.82 Å². The summed E-state index contributed by atoms with van der Waals surface area (Å²) in [7, 11) is 0. The van der Waals surface area contributed by atoms with Crippen molar-refractivity contribution in [1.82, 2.24) is 14.9 Å². The highest BCUT2D eigenvalue weighted by Gasteiger charge is 2.30. The summed E-state index contributed by atoms with van der Waals surface area (Å²) in [5.74, 6) is 1.73. The first-order valence-corrected chi connectivity index (χ1v) is 11.2. The lowest BCUT2D eigenvalue weighted by atomic mass is 10.1. The average Bonchev–Trinajstić information content (AvgIpc) is 2.76. The molecule has 0 N–H and O–H groups in total. The highest BCUT2D eigenvalue weighted by molar-refractivity contribution is 6.36. The van der Waals surface area contributed by atoms with Gasteiger partial charge in [0.05, 0.1) is 10.6 Å². The first-order chi connectivity index (χ1) is 15.3. The highest BCUT2D eigenvalue weighted by Crippen LogP contribution is 2.28. The Morgan fingerprint density at radius 3 is 2.56 bits per heavy atom. The summed E-state index contributed by atoms with van der Waals surface area (Å²) in [6, 6.07) is 12.1. The largest absolute Gasteiger partial charge is 0.439 e. The third-order valence-electron chi connectivity index (χ3n) is 5.35. The van der Waals surface area contributed by atoms with Crippen LogP contribution in [0.2, 0.25) is 15.1 Å². The fourth-order valence-corrected chi connectivity index (χ4v) is 4.25. The lowest BCUT2D eigenvalue weighted by Gasteiger charge is -2.40. The Bertz CT molecular complexity index is 1160. The van der Waals surface area contributed by atoms with Crippen molar-refractivity contribution in [2.45, 2.75) is 19.9 Å². The molecule has 1 aliphatic rings. The van der Waals surface area contributed by atoms with Crippen LogP contribution in [0.1, 0.15) is 22.8 Å². The topological polar surface area (TPSA) is 58.6 Å². The predicted octanol–water partition coefficient (Wildman–Crippen LogP) is 5.89. The number of benzene rings is 2. The molecule has 1 aliphatic heterocycles. The van der Waals surface area contributed by atoms with Crippen molar-refractivity contribution in [2.24, 2.45) is 0 Å². The van der Waals surface area contributed by atoms with Crippen molar-refractivity contribution in [1.29, 1.82) is 0 Å². The molecule has 0 radical (unpaired) electrons. The van der Waals surface area contributed by atoms with Gasteiger partial charge in [0, 0.05) is 41.8 Å². The molecule has 1 aromatic heterocycles. The average molecular weight is 492 g/mol. The highest BCUT2D eigenvalue weighted by atomic mass is 35.5. The third kappa shape index (κ3) is 4.93. The fraction of sp³-hybridized carbons (Fsp3) is 0.261. The van der Waals surface area contributed by atoms with Gasteiger partial charge >= 0.3 is 0 Å². The summed E-state index contributed by atoms with van der Waals surface area (Å²) in [6.07, 6.45) is 1.48. The molecule has 4 rings (SSSR count). The second-order valence-corrected chi connectivity index (χ2v) is 8.90. The molecule has 32 heavy (non-hydrogen) atoms. The molecular formula is C23H21Cl3N4O2. The normalized spacial score (nSPS) is 16.2. The van der Waals surface area contributed by atoms with Crippen LogP contribution in [0.25, 0.3) is 0 Å². The number of carbonyl (C=O) groups excluding carboxylic acids is 1. The van der Waals surface area contributed by atoms with Crippen molar-refractivity contribution >= 4 is 46.5 Å². The van der Waals surface area contributed by atoms with Crippen molar-refractivity contribution in [3.05, 3.63) is 75.0 Å². The van der Waals surface area contributed by atoms with Crippen LogP contribution in [0, 0.1) is 6.92 Å². The van der Waals surface area contributed by atoms with E-state index < -0.39 is 0 Å². The number of nitrogens with zero attached hydrogens (tertiary/aromatic N) is 4. The first-order valence-electron chi connectivity index (χ1n) is 10.1. The Morgan fingerprint density at radius 2 is 1.84 bits per heavy atom. The molecule has 1 atom stereocenters. The van der Waals surface area contributed by atoms with Crippen molar-refractivity contribution in [2.75, 3.05) is 24.5 Å². The van der Waals surface area contributed by atoms with E-state index in [1.165, 1.54) is 6.33 Å². The zero-order valence-corrected chi connectivity index (χ0v) is 19.8. The number of piperazine rings is 1. The van der Waals surface area contributed by atoms with Gasteiger partial charge in [-0.15, -0.1) is 0 Å². The van der Waals surface area contributed by atoms with Gasteiger partial charge in [0.1, 0.15) is 17.9 Å². The van der Waals surface area contributed by atoms with E-state index in [2.05, 4.69) is 14.9 Å². The van der Waals surface area contributed by atoms with Crippen LogP contribution in [0.3, 0.4) is 0 Å². The molecule has 0 aliphatic carbocycles. The Labute approximate surface area is 201 Å². The molecule has 0 unspecified atom stereocenters. The number of aromatic nitrogens is 2. The van der Waals surface area contributed by atoms with Crippen molar-refractivity contribution in [3.63, 3.8) is 0 Å². The minimum atomic E-state index is -0.108. The molecule has 3 aromatic rings. The Balaban J connectivity index is 1.45. The molecule has 9 heteroatoms. The van der Waals surface area contributed by atoms with Crippen LogP contribution >= 0.6 is 34.8 Å². The lowest BCUT2D eigenvalue weighted by Crippen LogP contribution is -2.54. The molecule has 166 valence electrons. The molecule has 2 heterocycles. The second kappa shape index (κ2) is 9.53. The fourth-order valence-electron chi connectivity index (χ4n) is 3.65. The molecule has 2 aromatic carbocycles. The van der Waals surface area contributed by atoms with Crippen molar-refractivity contribution < 1.29 is 9.53 Å². The van der Waals surface area contributed by atoms with Gasteiger partial charge < -0.3 is 14.5 Å². The van der Waals surface area contributed by atoms with E-state index in [0.717, 1.165) is 11.4 Å². The van der Waals surface area contributed by atoms with Gasteiger partial charge in [-0.05, 0) is 55.8 Å². The number of amides is 1. The van der Waals surface area contributed by atoms with Crippen LogP contribution in [0.5, 0.6) is 11.6 Å². The summed E-state index contributed by atoms with van der Waals surface area (Å²) in [5.41, 5.74) is 1.38. The smallest absolute Gasteiger partial charge is 0.255 e. The third-order valence-corrected chi connectivity index (χ3v) is 6.33. The number of hydrogen-bond donors (Lipinski definition) is 0. The molecule has 1 fully saturated rings. The molecule has 1 amide bonds. The van der Waals surface area contributed by atoms with Gasteiger partial charge in [-0.2, -0.15) is 0 Å². The van der Waals surface area contributed by atoms with Gasteiger partial charge in [-0.1, -0.05) is 34.8 Å². The van der Waals surface area contributed by atoms with E-state index >= 15 is 0 Å². The van der Waals surface area contributed by atoms with Crippen molar-refractivity contribution in [3.8, 4) is 11.6 Å². The van der Waals surface area contributed by atoms with E-state index in [9.17, 15) is 4.79 Å². The molecular weight excluding hydrogens is 471 g/mol. The number of halogens is 3. The maximum Gasteiger partial charge on any atom is 0.255 e. The van der Waals surface area contributed by atoms with E-state index in [0.29, 0.717) is 51.9 Å². The van der Waals surface area contributed by atoms with E-state index in [-0.39, 0.29) is 11.9 Å². The maximum atomic E-state index is 13.0. The summed E-state index contributed by atoms with van der Waals surface area (Å²) in [6.45, 7) is 5.70. The summed E-state index contributed by atoms with van der Waals surface area (Å²) >= 11 is 18.3. The molecule has 0 bridgehead atoms. The summed E-state index contributed by atoms with van der Waals surface area (Å²) < 4.78 is 5.89. The summed E-state index contributed by atoms with van der Waals surface area (Å²) in [4.78, 5) is 25.6. The zero-order valence-electron chi connectivity index (χ0n) is 17.6. The van der Waals surface area contributed by atoms with Gasteiger partial charge in [0.25, 0.3) is 5.91 Å². The maximum absolute atomic E-state index is 13.0. The Hall–Kier alpha value is -2.54. The number of aryl methyl sites for hydroxylation is 1. The molecule has 0 spiro atoms. The summed E-state index contributed by atoms with van der Waals surface area (Å²) in [5, 5.41) is 1.54. The molecule has 6 nitrogen and oxygen atoms in total. The van der Waals surface area contributed by atoms with E-state index in [1.54, 1.807) is 36.4 Å². The van der Waals surface area contributed by atoms with Crippen LogP contribution in [-0.4, -0.2) is 46.5 Å². The minimum Gasteiger partial charge on any atom is -0.439 e. The second-order valence-electron chi connectivity index (χ2n) is 7.65. The SMILES string of the molecule is Cc1cc(Oc2cc(N3CCN(C(=O)c4ccc(Cl)cc4Cl)[C@H](C)C3)ncn2)ccc1Cl. The standard InChI is InChI=1S/C23H21Cl3N4O2/c1-14-9-17(4-6-19(14)25)32-22-11-21(27-13-28-22)29-7-8-30(15(2)12-29)23(31)18-5-3-16(24)10-20(18)26/h3-6,9-11,13,15H,7-8,12H2,1-2H3/t15-/m1/s1. The van der Waals surface area contributed by atoms with E-state index in [4.69, 9.17) is 39.5 Å². The Morgan fingerprint density at radius 1 is 1.03 bits per heavy atom. The van der Waals surface area contributed by atoms with Gasteiger partial charge in [0.2, 0.25) is 5.88 Å². The quantitative estimate of drug-likeness (QED) is 0.455. The van der Waals surface area contributed by atoms with Gasteiger partial charge in [0.15, 0.2) is 0 Å². The lowest BCUT2D eigenvalue weighted by molar-refractivity contribution is 0.0674. The minimum absolute atomic E-state index is 0.0405. The monoisotopic (exact) mass is 490 g/mol. The zero-order chi connectivity index (χ0) is 22.8.